The van der Waals surface area contributed by atoms with E-state index in [0.29, 0.717) is 19.3 Å². The number of ether oxygens (including phenoxy) is 1. The number of alkyl halides is 1. The Hall–Kier alpha value is -1.53. The van der Waals surface area contributed by atoms with Gasteiger partial charge in [-0.25, -0.2) is 4.39 Å². The fourth-order valence-electron chi connectivity index (χ4n) is 7.80. The van der Waals surface area contributed by atoms with Crippen LogP contribution in [0.15, 0.2) is 59.0 Å². The van der Waals surface area contributed by atoms with Gasteiger partial charge in [-0.15, -0.1) is 23.5 Å². The van der Waals surface area contributed by atoms with E-state index in [-0.39, 0.29) is 27.1 Å². The molecule has 188 valence electrons. The van der Waals surface area contributed by atoms with Gasteiger partial charge in [0.15, 0.2) is 11.5 Å². The average Bonchev–Trinajstić information content (AvgIpc) is 3.07. The molecule has 3 fully saturated rings. The quantitative estimate of drug-likeness (QED) is 0.308. The fourth-order valence-corrected chi connectivity index (χ4v) is 11.3. The summed E-state index contributed by atoms with van der Waals surface area (Å²) in [6.45, 7) is 7.82. The molecule has 4 aliphatic rings. The summed E-state index contributed by atoms with van der Waals surface area (Å²) in [6, 6.07) is 10.5. The summed E-state index contributed by atoms with van der Waals surface area (Å²) in [7, 11) is 0. The second-order valence-electron chi connectivity index (χ2n) is 11.0. The number of carbonyl (C=O) groups is 2. The molecule has 35 heavy (non-hydrogen) atoms. The zero-order valence-electron chi connectivity index (χ0n) is 21.0. The van der Waals surface area contributed by atoms with E-state index in [1.165, 1.54) is 17.9 Å². The number of allylic oxidation sites excluding steroid dienone is 4. The summed E-state index contributed by atoms with van der Waals surface area (Å²) in [5, 5.41) is 0. The Kier molecular flexibility index (Phi) is 6.32. The zero-order chi connectivity index (χ0) is 25.1. The first kappa shape index (κ1) is 25.1. The predicted molar refractivity (Wildman–Crippen MR) is 141 cm³/mol. The molecule has 1 aromatic rings. The van der Waals surface area contributed by atoms with Crippen LogP contribution >= 0.6 is 23.5 Å². The highest BCUT2D eigenvalue weighted by Gasteiger charge is 2.74. The molecule has 0 radical (unpaired) electrons. The summed E-state index contributed by atoms with van der Waals surface area (Å²) in [6.07, 6.45) is 7.87. The lowest BCUT2D eigenvalue weighted by atomic mass is 9.46. The van der Waals surface area contributed by atoms with Crippen molar-refractivity contribution in [2.75, 3.05) is 5.75 Å². The molecule has 0 saturated heterocycles. The standard InChI is InChI=1S/C29H35FO3S2/c1-5-34-28(35-22-9-7-6-8-10-22)16-14-23-24-12-11-20-17-21(32)13-15-26(20,3)29(24,30)25(33-19(2)31)18-27(23,28)4/h6-10,13,15,17,23-25H,5,11-12,14,16,18H2,1-4H3/t23-,24-,25-,26-,27-,28?,29?/m0/s1. The fraction of sp³-hybridized carbons (Fsp3) is 0.586. The zero-order valence-corrected chi connectivity index (χ0v) is 22.6. The molecule has 0 aliphatic heterocycles. The van der Waals surface area contributed by atoms with Crippen molar-refractivity contribution < 1.29 is 18.7 Å². The second kappa shape index (κ2) is 8.79. The van der Waals surface area contributed by atoms with Crippen molar-refractivity contribution in [1.29, 1.82) is 0 Å². The first-order chi connectivity index (χ1) is 16.6. The van der Waals surface area contributed by atoms with E-state index in [0.717, 1.165) is 24.2 Å². The van der Waals surface area contributed by atoms with E-state index in [4.69, 9.17) is 4.74 Å². The number of thioether (sulfide) groups is 2. The molecule has 0 N–H and O–H groups in total. The Morgan fingerprint density at radius 1 is 1.17 bits per heavy atom. The maximum absolute atomic E-state index is 17.9. The number of fused-ring (bicyclic) bond motifs is 5. The van der Waals surface area contributed by atoms with E-state index in [9.17, 15) is 9.59 Å². The molecule has 0 heterocycles. The number of hydrogen-bond acceptors (Lipinski definition) is 5. The van der Waals surface area contributed by atoms with Crippen LogP contribution < -0.4 is 0 Å². The van der Waals surface area contributed by atoms with Gasteiger partial charge in [0.05, 0.1) is 4.08 Å². The van der Waals surface area contributed by atoms with Gasteiger partial charge in [0.1, 0.15) is 6.10 Å². The van der Waals surface area contributed by atoms with Crippen molar-refractivity contribution >= 4 is 35.3 Å². The van der Waals surface area contributed by atoms with Crippen LogP contribution in [0.4, 0.5) is 4.39 Å². The van der Waals surface area contributed by atoms with Crippen LogP contribution in [0.25, 0.3) is 0 Å². The van der Waals surface area contributed by atoms with Crippen LogP contribution in [0, 0.1) is 22.7 Å². The Morgan fingerprint density at radius 3 is 2.60 bits per heavy atom. The van der Waals surface area contributed by atoms with Gasteiger partial charge < -0.3 is 4.74 Å². The Labute approximate surface area is 216 Å². The Balaban J connectivity index is 1.62. The molecular weight excluding hydrogens is 479 g/mol. The van der Waals surface area contributed by atoms with Gasteiger partial charge in [-0.05, 0) is 80.4 Å². The highest BCUT2D eigenvalue weighted by atomic mass is 32.2. The summed E-state index contributed by atoms with van der Waals surface area (Å²) in [4.78, 5) is 25.7. The summed E-state index contributed by atoms with van der Waals surface area (Å²) < 4.78 is 23.7. The van der Waals surface area contributed by atoms with Crippen LogP contribution in [0.1, 0.15) is 59.8 Å². The Morgan fingerprint density at radius 2 is 1.91 bits per heavy atom. The smallest absolute Gasteiger partial charge is 0.303 e. The van der Waals surface area contributed by atoms with Crippen molar-refractivity contribution in [3.05, 3.63) is 54.1 Å². The molecule has 0 spiro atoms. The third-order valence-electron chi connectivity index (χ3n) is 9.37. The van der Waals surface area contributed by atoms with E-state index in [1.54, 1.807) is 12.2 Å². The summed E-state index contributed by atoms with van der Waals surface area (Å²) >= 11 is 3.90. The van der Waals surface area contributed by atoms with Gasteiger partial charge in [0.2, 0.25) is 0 Å². The third-order valence-corrected chi connectivity index (χ3v) is 12.9. The van der Waals surface area contributed by atoms with Crippen molar-refractivity contribution in [3.8, 4) is 0 Å². The molecule has 0 aromatic heterocycles. The first-order valence-corrected chi connectivity index (χ1v) is 14.6. The van der Waals surface area contributed by atoms with E-state index < -0.39 is 23.2 Å². The first-order valence-electron chi connectivity index (χ1n) is 12.8. The molecular formula is C29H35FO3S2. The minimum atomic E-state index is -1.74. The van der Waals surface area contributed by atoms with Crippen molar-refractivity contribution in [1.82, 2.24) is 0 Å². The van der Waals surface area contributed by atoms with Crippen LogP contribution in [0.2, 0.25) is 0 Å². The van der Waals surface area contributed by atoms with E-state index in [2.05, 4.69) is 38.1 Å². The SMILES string of the molecule is CCSC1(Sc2ccccc2)CC[C@H]2[C@@H]3CCC4=CC(=O)C=C[C@]4(C)C3(F)[C@@H](OC(C)=O)C[C@@]21C. The monoisotopic (exact) mass is 514 g/mol. The minimum absolute atomic E-state index is 0.0808. The van der Waals surface area contributed by atoms with Crippen LogP contribution in [-0.2, 0) is 14.3 Å². The van der Waals surface area contributed by atoms with E-state index in [1.807, 2.05) is 36.5 Å². The Bertz CT molecular complexity index is 1090. The molecule has 4 aliphatic carbocycles. The van der Waals surface area contributed by atoms with Crippen LogP contribution in [-0.4, -0.2) is 33.4 Å². The predicted octanol–water partition coefficient (Wildman–Crippen LogP) is 7.17. The topological polar surface area (TPSA) is 43.4 Å². The minimum Gasteiger partial charge on any atom is -0.459 e. The maximum Gasteiger partial charge on any atom is 0.303 e. The molecule has 5 rings (SSSR count). The third kappa shape index (κ3) is 3.60. The lowest BCUT2D eigenvalue weighted by Crippen LogP contribution is -2.68. The summed E-state index contributed by atoms with van der Waals surface area (Å²) in [5.41, 5.74) is -2.05. The highest BCUT2D eigenvalue weighted by molar-refractivity contribution is 8.18. The molecule has 2 unspecified atom stereocenters. The van der Waals surface area contributed by atoms with Gasteiger partial charge in [0, 0.05) is 23.2 Å². The molecule has 6 heteroatoms. The normalized spacial score (nSPS) is 42.0. The number of halogens is 1. The van der Waals surface area contributed by atoms with Crippen molar-refractivity contribution in [2.24, 2.45) is 22.7 Å². The molecule has 3 saturated carbocycles. The molecule has 0 bridgehead atoms. The number of carbonyl (C=O) groups excluding carboxylic acids is 2. The molecule has 1 aromatic carbocycles. The van der Waals surface area contributed by atoms with E-state index >= 15 is 4.39 Å². The lowest BCUT2D eigenvalue weighted by molar-refractivity contribution is -0.209. The number of ketones is 1. The highest BCUT2D eigenvalue weighted by Crippen LogP contribution is 2.74. The second-order valence-corrected chi connectivity index (χ2v) is 14.2. The van der Waals surface area contributed by atoms with Gasteiger partial charge in [-0.2, -0.15) is 0 Å². The van der Waals surface area contributed by atoms with Gasteiger partial charge in [-0.1, -0.05) is 43.7 Å². The number of esters is 1. The maximum atomic E-state index is 17.9. The molecule has 3 nitrogen and oxygen atoms in total. The van der Waals surface area contributed by atoms with Crippen LogP contribution in [0.5, 0.6) is 0 Å². The van der Waals surface area contributed by atoms with Gasteiger partial charge >= 0.3 is 5.97 Å². The summed E-state index contributed by atoms with van der Waals surface area (Å²) in [5.74, 6) is 0.398. The molecule has 7 atom stereocenters. The van der Waals surface area contributed by atoms with Crippen LogP contribution in [0.3, 0.4) is 0 Å². The molecule has 0 amide bonds. The average molecular weight is 515 g/mol. The largest absolute Gasteiger partial charge is 0.459 e. The van der Waals surface area contributed by atoms with Crippen molar-refractivity contribution in [2.45, 2.75) is 80.5 Å². The van der Waals surface area contributed by atoms with Crippen molar-refractivity contribution in [3.63, 3.8) is 0 Å². The van der Waals surface area contributed by atoms with Gasteiger partial charge in [0.25, 0.3) is 0 Å². The lowest BCUT2D eigenvalue weighted by Gasteiger charge is -2.63. The number of benzene rings is 1. The number of hydrogen-bond donors (Lipinski definition) is 0. The van der Waals surface area contributed by atoms with Gasteiger partial charge in [-0.3, -0.25) is 9.59 Å². The number of rotatable bonds is 5.